The number of rotatable bonds is 5. The number of carbonyl (C=O) groups excluding carboxylic acids is 1. The molecule has 0 spiro atoms. The third kappa shape index (κ3) is 4.33. The Bertz CT molecular complexity index is 1180. The van der Waals surface area contributed by atoms with E-state index < -0.39 is 5.91 Å². The molecule has 1 heterocycles. The summed E-state index contributed by atoms with van der Waals surface area (Å²) in [6.07, 6.45) is 0. The topological polar surface area (TPSA) is 70.1 Å². The Morgan fingerprint density at radius 3 is 2.23 bits per heavy atom. The van der Waals surface area contributed by atoms with Gasteiger partial charge >= 0.3 is 0 Å². The summed E-state index contributed by atoms with van der Waals surface area (Å²) < 4.78 is 13.1. The summed E-state index contributed by atoms with van der Waals surface area (Å²) in [5, 5.41) is 11.0. The monoisotopic (exact) mass is 398 g/mol. The zero-order valence-electron chi connectivity index (χ0n) is 16.3. The number of nitrogens with one attached hydrogen (secondary N) is 2. The van der Waals surface area contributed by atoms with Gasteiger partial charge in [0.15, 0.2) is 0 Å². The van der Waals surface area contributed by atoms with Crippen molar-refractivity contribution in [1.82, 2.24) is 15.6 Å². The minimum Gasteiger partial charge on any atom is -0.272 e. The van der Waals surface area contributed by atoms with Gasteiger partial charge in [0, 0.05) is 5.56 Å². The number of amides is 1. The summed E-state index contributed by atoms with van der Waals surface area (Å²) in [6.45, 7) is 1.83. The number of H-pyrrole nitrogens is 1. The van der Waals surface area contributed by atoms with Crippen LogP contribution in [0.4, 0.5) is 4.39 Å². The normalized spacial score (nSPS) is 11.3. The molecule has 1 aromatic heterocycles. The van der Waals surface area contributed by atoms with Gasteiger partial charge in [0.05, 0.1) is 11.4 Å². The third-order valence-corrected chi connectivity index (χ3v) is 4.70. The standard InChI is InChI=1S/C24H19FN4O/c1-16(17-7-9-19(10-8-17)18-5-3-2-4-6-18)26-29-24(30)23-15-22(27-28-23)20-11-13-21(25)14-12-20/h2-15H,1H3,(H,27,28)(H,29,30)/b26-16-. The molecule has 4 aromatic rings. The van der Waals surface area contributed by atoms with Gasteiger partial charge in [-0.3, -0.25) is 9.89 Å². The van der Waals surface area contributed by atoms with E-state index in [2.05, 4.69) is 32.9 Å². The number of nitrogens with zero attached hydrogens (tertiary/aromatic N) is 2. The first-order valence-electron chi connectivity index (χ1n) is 9.42. The average Bonchev–Trinajstić information content (AvgIpc) is 3.29. The highest BCUT2D eigenvalue weighted by Crippen LogP contribution is 2.20. The summed E-state index contributed by atoms with van der Waals surface area (Å²) in [7, 11) is 0. The molecule has 0 fully saturated rings. The fourth-order valence-corrected chi connectivity index (χ4v) is 3.00. The third-order valence-electron chi connectivity index (χ3n) is 4.70. The fraction of sp³-hybridized carbons (Fsp3) is 0.0417. The molecule has 0 atom stereocenters. The molecule has 0 unspecified atom stereocenters. The van der Waals surface area contributed by atoms with Crippen molar-refractivity contribution < 1.29 is 9.18 Å². The first kappa shape index (κ1) is 19.3. The Hall–Kier alpha value is -4.06. The van der Waals surface area contributed by atoms with Gasteiger partial charge in [0.2, 0.25) is 0 Å². The van der Waals surface area contributed by atoms with Gasteiger partial charge in [-0.25, -0.2) is 9.82 Å². The molecule has 1 amide bonds. The van der Waals surface area contributed by atoms with Crippen molar-refractivity contribution in [3.63, 3.8) is 0 Å². The molecule has 0 aliphatic carbocycles. The highest BCUT2D eigenvalue weighted by molar-refractivity contribution is 6.01. The van der Waals surface area contributed by atoms with E-state index in [1.165, 1.54) is 12.1 Å². The van der Waals surface area contributed by atoms with Gasteiger partial charge in [0.1, 0.15) is 11.5 Å². The molecule has 4 rings (SSSR count). The van der Waals surface area contributed by atoms with Crippen molar-refractivity contribution in [1.29, 1.82) is 0 Å². The molecule has 0 saturated heterocycles. The van der Waals surface area contributed by atoms with E-state index in [0.29, 0.717) is 17.0 Å². The summed E-state index contributed by atoms with van der Waals surface area (Å²) in [4.78, 5) is 12.4. The van der Waals surface area contributed by atoms with Crippen LogP contribution in [0.15, 0.2) is 90.0 Å². The molecular formula is C24H19FN4O. The van der Waals surface area contributed by atoms with E-state index in [9.17, 15) is 9.18 Å². The number of hydrogen-bond donors (Lipinski definition) is 2. The summed E-state index contributed by atoms with van der Waals surface area (Å²) in [5.41, 5.74) is 7.92. The molecule has 6 heteroatoms. The van der Waals surface area contributed by atoms with Crippen LogP contribution in [0.25, 0.3) is 22.4 Å². The number of aromatic nitrogens is 2. The van der Waals surface area contributed by atoms with Crippen molar-refractivity contribution >= 4 is 11.6 Å². The second kappa shape index (κ2) is 8.53. The first-order valence-corrected chi connectivity index (χ1v) is 9.42. The van der Waals surface area contributed by atoms with E-state index in [0.717, 1.165) is 16.7 Å². The maximum absolute atomic E-state index is 13.1. The van der Waals surface area contributed by atoms with Crippen molar-refractivity contribution in [3.05, 3.63) is 102 Å². The molecular weight excluding hydrogens is 379 g/mol. The summed E-state index contributed by atoms with van der Waals surface area (Å²) >= 11 is 0. The number of carbonyl (C=O) groups is 1. The van der Waals surface area contributed by atoms with Gasteiger partial charge in [-0.1, -0.05) is 54.6 Å². The molecule has 0 bridgehead atoms. The average molecular weight is 398 g/mol. The smallest absolute Gasteiger partial charge is 0.272 e. The second-order valence-corrected chi connectivity index (χ2v) is 6.76. The predicted octanol–water partition coefficient (Wildman–Crippen LogP) is 5.04. The van der Waals surface area contributed by atoms with E-state index in [1.807, 2.05) is 49.4 Å². The number of halogens is 1. The SMILES string of the molecule is C/C(=N/NC(=O)c1cc(-c2ccc(F)cc2)n[nH]1)c1ccc(-c2ccccc2)cc1. The maximum Gasteiger partial charge on any atom is 0.289 e. The first-order chi connectivity index (χ1) is 14.6. The quantitative estimate of drug-likeness (QED) is 0.365. The summed E-state index contributed by atoms with van der Waals surface area (Å²) in [6, 6.07) is 25.6. The molecule has 0 aliphatic rings. The predicted molar refractivity (Wildman–Crippen MR) is 116 cm³/mol. The van der Waals surface area contributed by atoms with E-state index >= 15 is 0 Å². The summed E-state index contributed by atoms with van der Waals surface area (Å²) in [5.74, 6) is -0.731. The van der Waals surface area contributed by atoms with Crippen molar-refractivity contribution in [2.24, 2.45) is 5.10 Å². The van der Waals surface area contributed by atoms with Gasteiger partial charge in [-0.2, -0.15) is 10.2 Å². The second-order valence-electron chi connectivity index (χ2n) is 6.76. The highest BCUT2D eigenvalue weighted by atomic mass is 19.1. The van der Waals surface area contributed by atoms with Crippen LogP contribution in [-0.4, -0.2) is 21.8 Å². The van der Waals surface area contributed by atoms with Crippen LogP contribution in [0.2, 0.25) is 0 Å². The molecule has 148 valence electrons. The Labute approximate surface area is 173 Å². The van der Waals surface area contributed by atoms with E-state index in [-0.39, 0.29) is 11.5 Å². The van der Waals surface area contributed by atoms with Crippen LogP contribution >= 0.6 is 0 Å². The number of benzene rings is 3. The van der Waals surface area contributed by atoms with E-state index in [1.54, 1.807) is 18.2 Å². The van der Waals surface area contributed by atoms with Gasteiger partial charge < -0.3 is 0 Å². The molecule has 5 nitrogen and oxygen atoms in total. The van der Waals surface area contributed by atoms with Crippen LogP contribution in [0, 0.1) is 5.82 Å². The lowest BCUT2D eigenvalue weighted by molar-refractivity contribution is 0.0950. The highest BCUT2D eigenvalue weighted by Gasteiger charge is 2.11. The fourth-order valence-electron chi connectivity index (χ4n) is 3.00. The van der Waals surface area contributed by atoms with Crippen LogP contribution in [0.3, 0.4) is 0 Å². The maximum atomic E-state index is 13.1. The largest absolute Gasteiger partial charge is 0.289 e. The lowest BCUT2D eigenvalue weighted by Gasteiger charge is -2.05. The minimum absolute atomic E-state index is 0.269. The number of hydrazone groups is 1. The van der Waals surface area contributed by atoms with Gasteiger partial charge in [0.25, 0.3) is 5.91 Å². The lowest BCUT2D eigenvalue weighted by atomic mass is 10.0. The molecule has 0 aliphatic heterocycles. The van der Waals surface area contributed by atoms with Crippen LogP contribution in [-0.2, 0) is 0 Å². The Morgan fingerprint density at radius 1 is 0.900 bits per heavy atom. The zero-order valence-corrected chi connectivity index (χ0v) is 16.3. The zero-order chi connectivity index (χ0) is 20.9. The van der Waals surface area contributed by atoms with E-state index in [4.69, 9.17) is 0 Å². The van der Waals surface area contributed by atoms with Crippen LogP contribution < -0.4 is 5.43 Å². The lowest BCUT2D eigenvalue weighted by Crippen LogP contribution is -2.19. The Balaban J connectivity index is 1.43. The Kier molecular flexibility index (Phi) is 5.48. The van der Waals surface area contributed by atoms with Crippen LogP contribution in [0.1, 0.15) is 23.0 Å². The van der Waals surface area contributed by atoms with Crippen LogP contribution in [0.5, 0.6) is 0 Å². The minimum atomic E-state index is -0.406. The van der Waals surface area contributed by atoms with Gasteiger partial charge in [-0.05, 0) is 53.9 Å². The molecule has 3 aromatic carbocycles. The van der Waals surface area contributed by atoms with Gasteiger partial charge in [-0.15, -0.1) is 0 Å². The Morgan fingerprint density at radius 2 is 1.53 bits per heavy atom. The molecule has 0 radical (unpaired) electrons. The molecule has 30 heavy (non-hydrogen) atoms. The number of hydrogen-bond acceptors (Lipinski definition) is 3. The molecule has 2 N–H and O–H groups in total. The number of aromatic amines is 1. The van der Waals surface area contributed by atoms with Crippen molar-refractivity contribution in [3.8, 4) is 22.4 Å². The van der Waals surface area contributed by atoms with Crippen molar-refractivity contribution in [2.75, 3.05) is 0 Å². The van der Waals surface area contributed by atoms with Crippen molar-refractivity contribution in [2.45, 2.75) is 6.92 Å². The molecule has 0 saturated carbocycles.